The summed E-state index contributed by atoms with van der Waals surface area (Å²) in [6.45, 7) is 6.30. The van der Waals surface area contributed by atoms with Crippen LogP contribution in [0.4, 0.5) is 0 Å². The molecule has 1 fully saturated rings. The maximum atomic E-state index is 5.29. The molecule has 0 aromatic carbocycles. The van der Waals surface area contributed by atoms with E-state index in [9.17, 15) is 0 Å². The molecule has 0 aliphatic carbocycles. The molecule has 14 heavy (non-hydrogen) atoms. The minimum absolute atomic E-state index is 0.738. The topological polar surface area (TPSA) is 37.7 Å². The Morgan fingerprint density at radius 3 is 2.79 bits per heavy atom. The molecule has 0 atom stereocenters. The molecular weight excluding hydrogens is 198 g/mol. The van der Waals surface area contributed by atoms with Crippen molar-refractivity contribution in [2.75, 3.05) is 46.4 Å². The number of morpholine rings is 1. The van der Waals surface area contributed by atoms with Gasteiger partial charge in [0.05, 0.1) is 19.8 Å². The van der Waals surface area contributed by atoms with Gasteiger partial charge >= 0.3 is 0 Å². The summed E-state index contributed by atoms with van der Waals surface area (Å²) in [6.07, 6.45) is 1.16. The Morgan fingerprint density at radius 2 is 2.14 bits per heavy atom. The standard InChI is InChI=1S/C9H19N3OS/c1-10-9(14)11-3-2-4-12-5-7-13-8-6-12/h2-8H2,1H3,(H2,10,11,14)/p+1. The predicted octanol–water partition coefficient (Wildman–Crippen LogP) is -1.61. The van der Waals surface area contributed by atoms with E-state index >= 15 is 0 Å². The zero-order valence-electron chi connectivity index (χ0n) is 8.77. The molecule has 0 bridgehead atoms. The van der Waals surface area contributed by atoms with Crippen LogP contribution in [0.1, 0.15) is 6.42 Å². The normalized spacial score (nSPS) is 17.8. The van der Waals surface area contributed by atoms with Crippen molar-refractivity contribution in [3.63, 3.8) is 0 Å². The third-order valence-electron chi connectivity index (χ3n) is 2.42. The van der Waals surface area contributed by atoms with Gasteiger partial charge in [-0.1, -0.05) is 0 Å². The van der Waals surface area contributed by atoms with E-state index in [0.29, 0.717) is 0 Å². The molecular formula is C9H20N3OS+. The summed E-state index contributed by atoms with van der Waals surface area (Å²) in [5.74, 6) is 0. The van der Waals surface area contributed by atoms with Crippen LogP contribution in [0.3, 0.4) is 0 Å². The van der Waals surface area contributed by atoms with Crippen molar-refractivity contribution in [3.05, 3.63) is 0 Å². The van der Waals surface area contributed by atoms with E-state index in [4.69, 9.17) is 17.0 Å². The first-order chi connectivity index (χ1) is 6.83. The van der Waals surface area contributed by atoms with E-state index in [1.165, 1.54) is 6.54 Å². The minimum Gasteiger partial charge on any atom is -0.370 e. The van der Waals surface area contributed by atoms with Gasteiger partial charge in [-0.05, 0) is 12.2 Å². The fraction of sp³-hybridized carbons (Fsp3) is 0.889. The first kappa shape index (κ1) is 11.7. The zero-order valence-corrected chi connectivity index (χ0v) is 9.58. The molecule has 1 aliphatic rings. The second kappa shape index (κ2) is 6.98. The molecule has 1 rings (SSSR count). The first-order valence-electron chi connectivity index (χ1n) is 5.20. The number of nitrogens with one attached hydrogen (secondary N) is 3. The lowest BCUT2D eigenvalue weighted by molar-refractivity contribution is -0.908. The summed E-state index contributed by atoms with van der Waals surface area (Å²) in [6, 6.07) is 0. The van der Waals surface area contributed by atoms with E-state index < -0.39 is 0 Å². The molecule has 0 amide bonds. The van der Waals surface area contributed by atoms with Crippen LogP contribution in [-0.4, -0.2) is 51.6 Å². The molecule has 0 spiro atoms. The van der Waals surface area contributed by atoms with Crippen molar-refractivity contribution in [3.8, 4) is 0 Å². The van der Waals surface area contributed by atoms with Crippen LogP contribution < -0.4 is 15.5 Å². The molecule has 3 N–H and O–H groups in total. The third kappa shape index (κ3) is 4.74. The molecule has 0 saturated carbocycles. The highest BCUT2D eigenvalue weighted by atomic mass is 32.1. The number of rotatable bonds is 4. The Bertz CT molecular complexity index is 171. The highest BCUT2D eigenvalue weighted by Crippen LogP contribution is 1.77. The molecule has 1 saturated heterocycles. The maximum Gasteiger partial charge on any atom is 0.166 e. The van der Waals surface area contributed by atoms with Crippen LogP contribution in [0.5, 0.6) is 0 Å². The van der Waals surface area contributed by atoms with Gasteiger partial charge in [-0.25, -0.2) is 0 Å². The molecule has 5 heteroatoms. The van der Waals surface area contributed by atoms with Crippen LogP contribution in [0, 0.1) is 0 Å². The minimum atomic E-state index is 0.738. The predicted molar refractivity (Wildman–Crippen MR) is 60.7 cm³/mol. The van der Waals surface area contributed by atoms with Crippen molar-refractivity contribution in [2.45, 2.75) is 6.42 Å². The van der Waals surface area contributed by atoms with Gasteiger partial charge in [-0.15, -0.1) is 0 Å². The quantitative estimate of drug-likeness (QED) is 0.392. The Balaban J connectivity index is 1.94. The monoisotopic (exact) mass is 218 g/mol. The molecule has 0 radical (unpaired) electrons. The van der Waals surface area contributed by atoms with Crippen molar-refractivity contribution < 1.29 is 9.64 Å². The maximum absolute atomic E-state index is 5.29. The smallest absolute Gasteiger partial charge is 0.166 e. The summed E-state index contributed by atoms with van der Waals surface area (Å²) < 4.78 is 5.29. The Morgan fingerprint density at radius 1 is 1.43 bits per heavy atom. The van der Waals surface area contributed by atoms with Crippen LogP contribution in [0.15, 0.2) is 0 Å². The van der Waals surface area contributed by atoms with Gasteiger partial charge in [0.2, 0.25) is 0 Å². The summed E-state index contributed by atoms with van der Waals surface area (Å²) >= 11 is 4.98. The van der Waals surface area contributed by atoms with Crippen molar-refractivity contribution >= 4 is 17.3 Å². The van der Waals surface area contributed by atoms with Crippen LogP contribution in [-0.2, 0) is 4.74 Å². The lowest BCUT2D eigenvalue weighted by Gasteiger charge is -2.23. The molecule has 82 valence electrons. The summed E-state index contributed by atoms with van der Waals surface area (Å²) in [7, 11) is 1.84. The molecule has 0 aromatic heterocycles. The van der Waals surface area contributed by atoms with Gasteiger partial charge in [0.1, 0.15) is 13.1 Å². The second-order valence-corrected chi connectivity index (χ2v) is 3.88. The van der Waals surface area contributed by atoms with E-state index in [1.54, 1.807) is 4.90 Å². The fourth-order valence-electron chi connectivity index (χ4n) is 1.54. The first-order valence-corrected chi connectivity index (χ1v) is 5.60. The average molecular weight is 218 g/mol. The van der Waals surface area contributed by atoms with Crippen LogP contribution >= 0.6 is 12.2 Å². The van der Waals surface area contributed by atoms with Crippen LogP contribution in [0.2, 0.25) is 0 Å². The number of thiocarbonyl (C=S) groups is 1. The Labute approximate surface area is 91.0 Å². The van der Waals surface area contributed by atoms with Gasteiger partial charge in [0.15, 0.2) is 5.11 Å². The Hall–Kier alpha value is -0.390. The average Bonchev–Trinajstić information content (AvgIpc) is 2.25. The lowest BCUT2D eigenvalue weighted by atomic mass is 10.3. The van der Waals surface area contributed by atoms with Gasteiger partial charge in [-0.2, -0.15) is 0 Å². The van der Waals surface area contributed by atoms with Gasteiger partial charge in [0.25, 0.3) is 0 Å². The van der Waals surface area contributed by atoms with Gasteiger partial charge < -0.3 is 20.3 Å². The second-order valence-electron chi connectivity index (χ2n) is 3.47. The molecule has 0 aromatic rings. The summed E-state index contributed by atoms with van der Waals surface area (Å²) in [5.41, 5.74) is 0. The van der Waals surface area contributed by atoms with Gasteiger partial charge in [-0.3, -0.25) is 0 Å². The highest BCUT2D eigenvalue weighted by Gasteiger charge is 2.12. The number of hydrogen-bond donors (Lipinski definition) is 3. The molecule has 1 aliphatic heterocycles. The number of quaternary nitrogens is 1. The summed E-state index contributed by atoms with van der Waals surface area (Å²) in [5, 5.41) is 6.78. The zero-order chi connectivity index (χ0) is 10.2. The number of ether oxygens (including phenoxy) is 1. The largest absolute Gasteiger partial charge is 0.370 e. The molecule has 1 heterocycles. The lowest BCUT2D eigenvalue weighted by Crippen LogP contribution is -3.14. The van der Waals surface area contributed by atoms with E-state index in [1.807, 2.05) is 7.05 Å². The third-order valence-corrected chi connectivity index (χ3v) is 2.77. The molecule has 0 unspecified atom stereocenters. The van der Waals surface area contributed by atoms with Crippen LogP contribution in [0.25, 0.3) is 0 Å². The van der Waals surface area contributed by atoms with E-state index in [2.05, 4.69) is 10.6 Å². The van der Waals surface area contributed by atoms with Crippen molar-refractivity contribution in [1.82, 2.24) is 10.6 Å². The van der Waals surface area contributed by atoms with Crippen molar-refractivity contribution in [1.29, 1.82) is 0 Å². The number of hydrogen-bond acceptors (Lipinski definition) is 2. The SMILES string of the molecule is CNC(=S)NCCC[NH+]1CCOCC1. The van der Waals surface area contributed by atoms with Crippen molar-refractivity contribution in [2.24, 2.45) is 0 Å². The summed E-state index contributed by atoms with van der Waals surface area (Å²) in [4.78, 5) is 1.65. The molecule has 4 nitrogen and oxygen atoms in total. The highest BCUT2D eigenvalue weighted by molar-refractivity contribution is 7.80. The fourth-order valence-corrected chi connectivity index (χ4v) is 1.64. The van der Waals surface area contributed by atoms with E-state index in [0.717, 1.165) is 44.4 Å². The Kier molecular flexibility index (Phi) is 5.82. The van der Waals surface area contributed by atoms with Gasteiger partial charge in [0, 0.05) is 20.0 Å². The van der Waals surface area contributed by atoms with E-state index in [-0.39, 0.29) is 0 Å².